The first-order chi connectivity index (χ1) is 15.2. The number of carbonyl (C=O) groups is 1. The third-order valence-electron chi connectivity index (χ3n) is 6.00. The Morgan fingerprint density at radius 3 is 2.59 bits per heavy atom. The molecule has 0 aliphatic carbocycles. The van der Waals surface area contributed by atoms with Crippen LogP contribution in [0.3, 0.4) is 0 Å². The summed E-state index contributed by atoms with van der Waals surface area (Å²) in [6, 6.07) is 14.6. The molecule has 2 heterocycles. The van der Waals surface area contributed by atoms with Gasteiger partial charge in [0, 0.05) is 18.2 Å². The maximum Gasteiger partial charge on any atom is 0.248 e. The molecule has 2 atom stereocenters. The molecular formula is C24H28N4O3S. The molecule has 2 aliphatic rings. The number of anilines is 1. The third-order valence-corrected chi connectivity index (χ3v) is 8.05. The lowest BCUT2D eigenvalue weighted by Crippen LogP contribution is -2.41. The van der Waals surface area contributed by atoms with Gasteiger partial charge in [-0.25, -0.2) is 17.7 Å². The molecule has 32 heavy (non-hydrogen) atoms. The van der Waals surface area contributed by atoms with Crippen molar-refractivity contribution in [1.82, 2.24) is 4.31 Å². The quantitative estimate of drug-likeness (QED) is 0.681. The van der Waals surface area contributed by atoms with Crippen LogP contribution in [0.5, 0.6) is 0 Å². The molecule has 0 spiro atoms. The predicted octanol–water partition coefficient (Wildman–Crippen LogP) is 3.16. The molecule has 0 aromatic heterocycles. The largest absolute Gasteiger partial charge is 0.369 e. The van der Waals surface area contributed by atoms with E-state index in [2.05, 4.69) is 11.6 Å². The van der Waals surface area contributed by atoms with E-state index in [1.54, 1.807) is 11.0 Å². The number of nitrogens with two attached hydrogens (primary N) is 1. The van der Waals surface area contributed by atoms with Gasteiger partial charge in [-0.3, -0.25) is 4.79 Å². The minimum atomic E-state index is -3.88. The first kappa shape index (κ1) is 22.1. The Morgan fingerprint density at radius 2 is 1.94 bits per heavy atom. The number of hydrogen-bond acceptors (Lipinski definition) is 5. The molecule has 168 valence electrons. The molecule has 0 bridgehead atoms. The molecule has 0 saturated carbocycles. The standard InChI is InChI=1S/C24H28N4O3S/c1-4-22(19-10-11-21-18(14-19)12-13-27(21)23(29)16(2)3)32(30,31)28-15-20(26-24(28)25)17-8-6-5-7-9-17/h4-11,14,16,20,22H,1,12-13,15H2,2-3H3,(H2,25,26). The second-order valence-corrected chi connectivity index (χ2v) is 10.4. The van der Waals surface area contributed by atoms with Crippen LogP contribution in [0.2, 0.25) is 0 Å². The van der Waals surface area contributed by atoms with Crippen molar-refractivity contribution >= 4 is 27.6 Å². The zero-order chi connectivity index (χ0) is 23.0. The fraction of sp³-hybridized carbons (Fsp3) is 0.333. The van der Waals surface area contributed by atoms with Crippen molar-refractivity contribution in [3.05, 3.63) is 77.9 Å². The van der Waals surface area contributed by atoms with Gasteiger partial charge in [0.25, 0.3) is 0 Å². The summed E-state index contributed by atoms with van der Waals surface area (Å²) in [4.78, 5) is 18.6. The molecule has 2 aliphatic heterocycles. The summed E-state index contributed by atoms with van der Waals surface area (Å²) >= 11 is 0. The van der Waals surface area contributed by atoms with Crippen molar-refractivity contribution < 1.29 is 13.2 Å². The van der Waals surface area contributed by atoms with Crippen LogP contribution < -0.4 is 10.6 Å². The van der Waals surface area contributed by atoms with Crippen molar-refractivity contribution in [2.45, 2.75) is 31.6 Å². The van der Waals surface area contributed by atoms with Crippen molar-refractivity contribution in [3.63, 3.8) is 0 Å². The molecular weight excluding hydrogens is 424 g/mol. The lowest BCUT2D eigenvalue weighted by atomic mass is 10.1. The zero-order valence-corrected chi connectivity index (χ0v) is 19.1. The van der Waals surface area contributed by atoms with Crippen LogP contribution in [0, 0.1) is 5.92 Å². The Balaban J connectivity index is 1.61. The highest BCUT2D eigenvalue weighted by atomic mass is 32.2. The van der Waals surface area contributed by atoms with E-state index in [0.29, 0.717) is 18.5 Å². The van der Waals surface area contributed by atoms with Gasteiger partial charge in [0.2, 0.25) is 21.9 Å². The van der Waals surface area contributed by atoms with Crippen LogP contribution in [-0.2, 0) is 21.2 Å². The molecule has 0 fully saturated rings. The molecule has 1 amide bonds. The Labute approximate surface area is 189 Å². The summed E-state index contributed by atoms with van der Waals surface area (Å²) in [5.74, 6) is -0.0464. The Hall–Kier alpha value is -3.13. The van der Waals surface area contributed by atoms with Gasteiger partial charge < -0.3 is 10.6 Å². The molecule has 2 aromatic rings. The van der Waals surface area contributed by atoms with Crippen molar-refractivity contribution in [1.29, 1.82) is 0 Å². The monoisotopic (exact) mass is 452 g/mol. The van der Waals surface area contributed by atoms with E-state index in [0.717, 1.165) is 16.8 Å². The van der Waals surface area contributed by atoms with Gasteiger partial charge >= 0.3 is 0 Å². The van der Waals surface area contributed by atoms with Gasteiger partial charge in [0.15, 0.2) is 0 Å². The van der Waals surface area contributed by atoms with Gasteiger partial charge in [-0.2, -0.15) is 0 Å². The van der Waals surface area contributed by atoms with Crippen molar-refractivity contribution in [3.8, 4) is 0 Å². The molecule has 4 rings (SSSR count). The molecule has 0 radical (unpaired) electrons. The van der Waals surface area contributed by atoms with Crippen LogP contribution in [-0.4, -0.2) is 37.7 Å². The lowest BCUT2D eigenvalue weighted by molar-refractivity contribution is -0.121. The summed E-state index contributed by atoms with van der Waals surface area (Å²) in [6.45, 7) is 8.30. The summed E-state index contributed by atoms with van der Waals surface area (Å²) in [5, 5.41) is -0.967. The van der Waals surface area contributed by atoms with E-state index < -0.39 is 15.3 Å². The van der Waals surface area contributed by atoms with Gasteiger partial charge in [-0.15, -0.1) is 6.58 Å². The summed E-state index contributed by atoms with van der Waals surface area (Å²) < 4.78 is 28.3. The molecule has 2 unspecified atom stereocenters. The summed E-state index contributed by atoms with van der Waals surface area (Å²) in [7, 11) is -3.88. The SMILES string of the molecule is C=CC(c1ccc2c(c1)CCN2C(=O)C(C)C)S(=O)(=O)N1CC(c2ccccc2)N=C1N. The maximum absolute atomic E-state index is 13.5. The number of amides is 1. The van der Waals surface area contributed by atoms with Gasteiger partial charge in [0.1, 0.15) is 5.25 Å². The normalized spacial score (nSPS) is 19.1. The predicted molar refractivity (Wildman–Crippen MR) is 127 cm³/mol. The minimum absolute atomic E-state index is 0.0134. The Bertz CT molecular complexity index is 1170. The highest BCUT2D eigenvalue weighted by Gasteiger charge is 2.38. The van der Waals surface area contributed by atoms with Crippen LogP contribution in [0.1, 0.15) is 41.8 Å². The number of nitrogens with zero attached hydrogens (tertiary/aromatic N) is 3. The number of guanidine groups is 1. The van der Waals surface area contributed by atoms with Crippen molar-refractivity contribution in [2.24, 2.45) is 16.6 Å². The van der Waals surface area contributed by atoms with Crippen LogP contribution in [0.15, 0.2) is 66.2 Å². The van der Waals surface area contributed by atoms with Crippen LogP contribution >= 0.6 is 0 Å². The number of aliphatic imine (C=N–C) groups is 1. The first-order valence-electron chi connectivity index (χ1n) is 10.7. The summed E-state index contributed by atoms with van der Waals surface area (Å²) in [5.41, 5.74) is 9.38. The zero-order valence-electron chi connectivity index (χ0n) is 18.3. The second-order valence-electron chi connectivity index (χ2n) is 8.43. The van der Waals surface area contributed by atoms with E-state index in [1.165, 1.54) is 10.4 Å². The smallest absolute Gasteiger partial charge is 0.248 e. The molecule has 2 aromatic carbocycles. The minimum Gasteiger partial charge on any atom is -0.369 e. The first-order valence-corrected chi connectivity index (χ1v) is 12.2. The number of sulfonamides is 1. The van der Waals surface area contributed by atoms with Gasteiger partial charge in [-0.1, -0.05) is 62.4 Å². The highest BCUT2D eigenvalue weighted by Crippen LogP contribution is 2.36. The average molecular weight is 453 g/mol. The van der Waals surface area contributed by atoms with Crippen LogP contribution in [0.4, 0.5) is 5.69 Å². The molecule has 7 nitrogen and oxygen atoms in total. The third kappa shape index (κ3) is 3.79. The van der Waals surface area contributed by atoms with E-state index in [4.69, 9.17) is 5.73 Å². The maximum atomic E-state index is 13.5. The summed E-state index contributed by atoms with van der Waals surface area (Å²) in [6.07, 6.45) is 2.11. The Morgan fingerprint density at radius 1 is 1.22 bits per heavy atom. The number of carbonyl (C=O) groups excluding carboxylic acids is 1. The topological polar surface area (TPSA) is 96.1 Å². The van der Waals surface area contributed by atoms with E-state index in [1.807, 2.05) is 56.3 Å². The lowest BCUT2D eigenvalue weighted by Gasteiger charge is -2.25. The van der Waals surface area contributed by atoms with Gasteiger partial charge in [-0.05, 0) is 29.2 Å². The number of benzene rings is 2. The van der Waals surface area contributed by atoms with Crippen molar-refractivity contribution in [2.75, 3.05) is 18.0 Å². The van der Waals surface area contributed by atoms with E-state index in [9.17, 15) is 13.2 Å². The second kappa shape index (κ2) is 8.43. The fourth-order valence-corrected chi connectivity index (χ4v) is 5.98. The highest BCUT2D eigenvalue weighted by molar-refractivity contribution is 7.90. The number of fused-ring (bicyclic) bond motifs is 1. The Kier molecular flexibility index (Phi) is 5.81. The van der Waals surface area contributed by atoms with E-state index in [-0.39, 0.29) is 30.4 Å². The average Bonchev–Trinajstić information content (AvgIpc) is 3.37. The van der Waals surface area contributed by atoms with Gasteiger partial charge in [0.05, 0.1) is 12.6 Å². The van der Waals surface area contributed by atoms with Crippen LogP contribution in [0.25, 0.3) is 0 Å². The molecule has 8 heteroatoms. The fourth-order valence-electron chi connectivity index (χ4n) is 4.31. The number of hydrogen-bond donors (Lipinski definition) is 1. The number of rotatable bonds is 6. The van der Waals surface area contributed by atoms with E-state index >= 15 is 0 Å². The molecule has 2 N–H and O–H groups in total. The molecule has 0 saturated heterocycles.